The van der Waals surface area contributed by atoms with E-state index in [0.29, 0.717) is 19.7 Å². The van der Waals surface area contributed by atoms with Crippen LogP contribution >= 0.6 is 0 Å². The van der Waals surface area contributed by atoms with Gasteiger partial charge in [-0.3, -0.25) is 4.79 Å². The van der Waals surface area contributed by atoms with Gasteiger partial charge in [0.15, 0.2) is 5.82 Å². The lowest BCUT2D eigenvalue weighted by atomic mass is 9.84. The number of ether oxygens (including phenoxy) is 1. The lowest BCUT2D eigenvalue weighted by molar-refractivity contribution is -0.171. The topological polar surface area (TPSA) is 55.3 Å². The number of likely N-dealkylation sites (tertiary alicyclic amines) is 1. The van der Waals surface area contributed by atoms with Crippen LogP contribution in [0.1, 0.15) is 29.7 Å². The lowest BCUT2D eigenvalue weighted by Crippen LogP contribution is -2.63. The molecule has 3 aliphatic rings. The predicted molar refractivity (Wildman–Crippen MR) is 108 cm³/mol. The Balaban J connectivity index is 1.23. The van der Waals surface area contributed by atoms with Crippen LogP contribution in [-0.4, -0.2) is 33.9 Å². The minimum atomic E-state index is -0.438. The van der Waals surface area contributed by atoms with Crippen molar-refractivity contribution in [2.75, 3.05) is 13.1 Å². The molecule has 3 aromatic rings. The van der Waals surface area contributed by atoms with Gasteiger partial charge in [0.25, 0.3) is 0 Å². The summed E-state index contributed by atoms with van der Waals surface area (Å²) in [6.45, 7) is 1.65. The third-order valence-corrected chi connectivity index (χ3v) is 6.54. The Morgan fingerprint density at radius 1 is 0.966 bits per heavy atom. The maximum absolute atomic E-state index is 13.2. The van der Waals surface area contributed by atoms with Gasteiger partial charge in [-0.15, -0.1) is 0 Å². The molecule has 1 spiro atoms. The van der Waals surface area contributed by atoms with Crippen LogP contribution in [0.25, 0.3) is 11.4 Å². The van der Waals surface area contributed by atoms with Gasteiger partial charge in [0.1, 0.15) is 5.60 Å². The minimum Gasteiger partial charge on any atom is -0.360 e. The van der Waals surface area contributed by atoms with Gasteiger partial charge in [-0.25, -0.2) is 9.97 Å². The molecule has 29 heavy (non-hydrogen) atoms. The van der Waals surface area contributed by atoms with Crippen LogP contribution in [0, 0.1) is 0 Å². The Hall–Kier alpha value is -3.05. The molecule has 2 aliphatic heterocycles. The van der Waals surface area contributed by atoms with Gasteiger partial charge < -0.3 is 9.64 Å². The zero-order chi connectivity index (χ0) is 19.5. The average Bonchev–Trinajstić information content (AvgIpc) is 3.48. The summed E-state index contributed by atoms with van der Waals surface area (Å²) in [5.41, 5.74) is 3.35. The summed E-state index contributed by atoms with van der Waals surface area (Å²) in [6.07, 6.45) is 3.75. The number of hydrogen-bond acceptors (Lipinski definition) is 4. The molecule has 2 fully saturated rings. The number of rotatable bonds is 3. The van der Waals surface area contributed by atoms with Gasteiger partial charge in [-0.1, -0.05) is 60.7 Å². The van der Waals surface area contributed by atoms with Crippen LogP contribution in [0.15, 0.2) is 66.9 Å². The van der Waals surface area contributed by atoms with E-state index in [1.165, 1.54) is 0 Å². The first-order valence-electron chi connectivity index (χ1n) is 10.1. The number of fused-ring (bicyclic) bond motifs is 2. The molecule has 3 heterocycles. The maximum Gasteiger partial charge on any atom is 0.233 e. The second-order valence-corrected chi connectivity index (χ2v) is 8.31. The summed E-state index contributed by atoms with van der Waals surface area (Å²) < 4.78 is 6.16. The first-order chi connectivity index (χ1) is 14.2. The average molecular weight is 383 g/mol. The van der Waals surface area contributed by atoms with Gasteiger partial charge in [-0.05, 0) is 18.4 Å². The number of carbonyl (C=O) groups is 1. The highest BCUT2D eigenvalue weighted by Gasteiger charge is 2.59. The zero-order valence-corrected chi connectivity index (χ0v) is 16.0. The van der Waals surface area contributed by atoms with Crippen molar-refractivity contribution in [3.05, 3.63) is 83.7 Å². The zero-order valence-electron chi connectivity index (χ0n) is 16.0. The van der Waals surface area contributed by atoms with E-state index >= 15 is 0 Å². The number of carbonyl (C=O) groups excluding carboxylic acids is 1. The van der Waals surface area contributed by atoms with Crippen molar-refractivity contribution in [3.8, 4) is 11.4 Å². The van der Waals surface area contributed by atoms with E-state index in [1.807, 2.05) is 59.6 Å². The first-order valence-corrected chi connectivity index (χ1v) is 10.1. The van der Waals surface area contributed by atoms with Crippen molar-refractivity contribution in [1.82, 2.24) is 14.9 Å². The maximum atomic E-state index is 13.2. The SMILES string of the molecule is O=C(N1CC2(C1)OCc1nc(-c3ccccc3)ncc12)C1(c2ccccc2)CC1. The highest BCUT2D eigenvalue weighted by Crippen LogP contribution is 2.52. The predicted octanol–water partition coefficient (Wildman–Crippen LogP) is 3.44. The molecule has 1 aromatic heterocycles. The fourth-order valence-electron chi connectivity index (χ4n) is 4.70. The standard InChI is InChI=1S/C24H21N3O2/c28-22(23(11-12-23)18-9-5-2-6-10-18)27-15-24(16-27)19-13-25-21(26-20(19)14-29-24)17-7-3-1-4-8-17/h1-10,13H,11-12,14-16H2. The summed E-state index contributed by atoms with van der Waals surface area (Å²) in [4.78, 5) is 24.5. The highest BCUT2D eigenvalue weighted by atomic mass is 16.5. The Morgan fingerprint density at radius 3 is 2.34 bits per heavy atom. The molecule has 0 unspecified atom stereocenters. The molecule has 0 radical (unpaired) electrons. The summed E-state index contributed by atoms with van der Waals surface area (Å²) in [5.74, 6) is 0.950. The van der Waals surface area contributed by atoms with Crippen molar-refractivity contribution < 1.29 is 9.53 Å². The van der Waals surface area contributed by atoms with Gasteiger partial charge in [0, 0.05) is 17.3 Å². The monoisotopic (exact) mass is 383 g/mol. The highest BCUT2D eigenvalue weighted by molar-refractivity contribution is 5.92. The normalized spacial score (nSPS) is 20.2. The van der Waals surface area contributed by atoms with Gasteiger partial charge in [0.2, 0.25) is 5.91 Å². The van der Waals surface area contributed by atoms with Gasteiger partial charge >= 0.3 is 0 Å². The molecule has 144 valence electrons. The van der Waals surface area contributed by atoms with E-state index in [-0.39, 0.29) is 11.3 Å². The number of nitrogens with zero attached hydrogens (tertiary/aromatic N) is 3. The number of amides is 1. The van der Waals surface area contributed by atoms with Gasteiger partial charge in [0.05, 0.1) is 30.8 Å². The number of hydrogen-bond donors (Lipinski definition) is 0. The molecular weight excluding hydrogens is 362 g/mol. The Morgan fingerprint density at radius 2 is 1.66 bits per heavy atom. The largest absolute Gasteiger partial charge is 0.360 e. The van der Waals surface area contributed by atoms with Crippen LogP contribution in [0.4, 0.5) is 0 Å². The van der Waals surface area contributed by atoms with Crippen molar-refractivity contribution >= 4 is 5.91 Å². The van der Waals surface area contributed by atoms with Crippen molar-refractivity contribution in [3.63, 3.8) is 0 Å². The van der Waals surface area contributed by atoms with E-state index in [1.54, 1.807) is 0 Å². The van der Waals surface area contributed by atoms with E-state index in [0.717, 1.165) is 41.1 Å². The first kappa shape index (κ1) is 16.9. The van der Waals surface area contributed by atoms with Crippen molar-refractivity contribution in [1.29, 1.82) is 0 Å². The molecule has 2 aromatic carbocycles. The molecule has 1 aliphatic carbocycles. The molecule has 0 bridgehead atoms. The third-order valence-electron chi connectivity index (χ3n) is 6.54. The van der Waals surface area contributed by atoms with Crippen LogP contribution in [0.3, 0.4) is 0 Å². The Bertz CT molecular complexity index is 1090. The molecule has 6 rings (SSSR count). The lowest BCUT2D eigenvalue weighted by Gasteiger charge is -2.48. The van der Waals surface area contributed by atoms with E-state index in [4.69, 9.17) is 9.72 Å². The van der Waals surface area contributed by atoms with Crippen LogP contribution in [0.2, 0.25) is 0 Å². The molecule has 1 saturated carbocycles. The Kier molecular flexibility index (Phi) is 3.47. The Labute approximate surface area is 169 Å². The van der Waals surface area contributed by atoms with E-state index in [9.17, 15) is 4.79 Å². The molecular formula is C24H21N3O2. The number of benzene rings is 2. The fourth-order valence-corrected chi connectivity index (χ4v) is 4.70. The van der Waals surface area contributed by atoms with Crippen molar-refractivity contribution in [2.24, 2.45) is 0 Å². The smallest absolute Gasteiger partial charge is 0.233 e. The van der Waals surface area contributed by atoms with E-state index < -0.39 is 5.60 Å². The van der Waals surface area contributed by atoms with Crippen LogP contribution in [-0.2, 0) is 27.2 Å². The summed E-state index contributed by atoms with van der Waals surface area (Å²) >= 11 is 0. The molecule has 1 amide bonds. The molecule has 5 nitrogen and oxygen atoms in total. The molecule has 1 saturated heterocycles. The fraction of sp³-hybridized carbons (Fsp3) is 0.292. The van der Waals surface area contributed by atoms with Crippen molar-refractivity contribution in [2.45, 2.75) is 30.5 Å². The summed E-state index contributed by atoms with van der Waals surface area (Å²) in [6, 6.07) is 20.1. The van der Waals surface area contributed by atoms with Crippen LogP contribution < -0.4 is 0 Å². The third kappa shape index (κ3) is 2.47. The second-order valence-electron chi connectivity index (χ2n) is 8.31. The van der Waals surface area contributed by atoms with Crippen LogP contribution in [0.5, 0.6) is 0 Å². The van der Waals surface area contributed by atoms with E-state index in [2.05, 4.69) is 17.1 Å². The summed E-state index contributed by atoms with van der Waals surface area (Å²) in [5, 5.41) is 0. The molecule has 5 heteroatoms. The minimum absolute atomic E-state index is 0.230. The molecule has 0 N–H and O–H groups in total. The summed E-state index contributed by atoms with van der Waals surface area (Å²) in [7, 11) is 0. The molecule has 0 atom stereocenters. The second kappa shape index (κ2) is 5.97. The quantitative estimate of drug-likeness (QED) is 0.695. The van der Waals surface area contributed by atoms with Gasteiger partial charge in [-0.2, -0.15) is 0 Å². The number of aromatic nitrogens is 2.